The molecule has 5 heteroatoms. The molecule has 0 bridgehead atoms. The quantitative estimate of drug-likeness (QED) is 0.423. The third-order valence-electron chi connectivity index (χ3n) is 3.98. The van der Waals surface area contributed by atoms with Crippen LogP contribution in [-0.4, -0.2) is 16.3 Å². The van der Waals surface area contributed by atoms with Crippen LogP contribution >= 0.6 is 15.9 Å². The molecule has 0 atom stereocenters. The number of nitrogens with zero attached hydrogens (tertiary/aromatic N) is 2. The van der Waals surface area contributed by atoms with Crippen LogP contribution in [0.3, 0.4) is 0 Å². The van der Waals surface area contributed by atoms with Crippen LogP contribution in [-0.2, 0) is 0 Å². The molecule has 0 saturated heterocycles. The van der Waals surface area contributed by atoms with Crippen molar-refractivity contribution in [3.05, 3.63) is 76.3 Å². The minimum atomic E-state index is 0.175. The molecule has 4 aromatic rings. The van der Waals surface area contributed by atoms with Gasteiger partial charge in [-0.15, -0.1) is 0 Å². The van der Waals surface area contributed by atoms with E-state index in [0.717, 1.165) is 27.9 Å². The van der Waals surface area contributed by atoms with Crippen molar-refractivity contribution in [2.24, 2.45) is 4.99 Å². The number of hydrogen-bond acceptors (Lipinski definition) is 4. The summed E-state index contributed by atoms with van der Waals surface area (Å²) in [5.74, 6) is 0.735. The first-order valence-electron chi connectivity index (χ1n) is 8.09. The van der Waals surface area contributed by atoms with Gasteiger partial charge >= 0.3 is 0 Å². The lowest BCUT2D eigenvalue weighted by atomic mass is 10.1. The van der Waals surface area contributed by atoms with Gasteiger partial charge in [-0.3, -0.25) is 4.99 Å². The molecule has 0 aliphatic carbocycles. The van der Waals surface area contributed by atoms with Gasteiger partial charge in [0.2, 0.25) is 5.89 Å². The summed E-state index contributed by atoms with van der Waals surface area (Å²) >= 11 is 3.35. The van der Waals surface area contributed by atoms with Gasteiger partial charge in [-0.25, -0.2) is 4.98 Å². The number of aromatic nitrogens is 1. The van der Waals surface area contributed by atoms with Gasteiger partial charge in [-0.05, 0) is 70.9 Å². The molecular weight excluding hydrogens is 392 g/mol. The second-order valence-corrected chi connectivity index (χ2v) is 6.83. The molecule has 0 unspecified atom stereocenters. The predicted molar refractivity (Wildman–Crippen MR) is 107 cm³/mol. The summed E-state index contributed by atoms with van der Waals surface area (Å²) in [6, 6.07) is 19.1. The number of para-hydroxylation sites is 2. The second kappa shape index (κ2) is 6.77. The summed E-state index contributed by atoms with van der Waals surface area (Å²) < 4.78 is 6.47. The Labute approximate surface area is 159 Å². The van der Waals surface area contributed by atoms with Crippen molar-refractivity contribution < 1.29 is 9.52 Å². The number of phenols is 1. The Kier molecular flexibility index (Phi) is 4.31. The van der Waals surface area contributed by atoms with Crippen molar-refractivity contribution >= 4 is 38.9 Å². The van der Waals surface area contributed by atoms with Crippen LogP contribution in [0.1, 0.15) is 11.1 Å². The fourth-order valence-electron chi connectivity index (χ4n) is 2.72. The molecule has 4 nitrogen and oxygen atoms in total. The van der Waals surface area contributed by atoms with E-state index in [4.69, 9.17) is 4.42 Å². The molecular formula is C21H15BrN2O2. The van der Waals surface area contributed by atoms with Crippen molar-refractivity contribution in [2.45, 2.75) is 6.92 Å². The van der Waals surface area contributed by atoms with Gasteiger partial charge in [0.1, 0.15) is 11.3 Å². The van der Waals surface area contributed by atoms with Crippen LogP contribution in [0.5, 0.6) is 5.75 Å². The maximum absolute atomic E-state index is 10.2. The predicted octanol–water partition coefficient (Wildman–Crippen LogP) is 6.02. The van der Waals surface area contributed by atoms with E-state index in [9.17, 15) is 5.11 Å². The van der Waals surface area contributed by atoms with E-state index in [1.807, 2.05) is 67.6 Å². The van der Waals surface area contributed by atoms with Crippen molar-refractivity contribution in [1.82, 2.24) is 4.98 Å². The van der Waals surface area contributed by atoms with E-state index >= 15 is 0 Å². The summed E-state index contributed by atoms with van der Waals surface area (Å²) in [7, 11) is 0. The molecule has 26 heavy (non-hydrogen) atoms. The summed E-state index contributed by atoms with van der Waals surface area (Å²) in [5, 5.41) is 10.2. The summed E-state index contributed by atoms with van der Waals surface area (Å²) in [6.07, 6.45) is 1.65. The minimum absolute atomic E-state index is 0.175. The van der Waals surface area contributed by atoms with Crippen LogP contribution in [0, 0.1) is 6.92 Å². The van der Waals surface area contributed by atoms with Gasteiger partial charge in [-0.2, -0.15) is 0 Å². The summed E-state index contributed by atoms with van der Waals surface area (Å²) in [4.78, 5) is 9.00. The maximum atomic E-state index is 10.2. The Hall–Kier alpha value is -2.92. The summed E-state index contributed by atoms with van der Waals surface area (Å²) in [6.45, 7) is 1.97. The third-order valence-corrected chi connectivity index (χ3v) is 4.58. The first-order chi connectivity index (χ1) is 12.6. The van der Waals surface area contributed by atoms with E-state index in [2.05, 4.69) is 25.9 Å². The van der Waals surface area contributed by atoms with E-state index in [0.29, 0.717) is 15.9 Å². The Morgan fingerprint density at radius 1 is 1.08 bits per heavy atom. The van der Waals surface area contributed by atoms with Crippen LogP contribution in [0.2, 0.25) is 0 Å². The number of fused-ring (bicyclic) bond motifs is 1. The van der Waals surface area contributed by atoms with Crippen LogP contribution in [0.25, 0.3) is 22.6 Å². The standard InChI is InChI=1S/C21H15BrN2O2/c1-13-9-15(20(25)17(22)10-13)12-23-16-6-4-5-14(11-16)21-24-18-7-2-3-8-19(18)26-21/h2-12,25H,1H3. The molecule has 1 N–H and O–H groups in total. The minimum Gasteiger partial charge on any atom is -0.506 e. The Morgan fingerprint density at radius 2 is 1.92 bits per heavy atom. The normalized spacial score (nSPS) is 11.5. The molecule has 128 valence electrons. The van der Waals surface area contributed by atoms with Crippen LogP contribution in [0.4, 0.5) is 5.69 Å². The number of aryl methyl sites for hydroxylation is 1. The number of benzene rings is 3. The highest BCUT2D eigenvalue weighted by atomic mass is 79.9. The highest BCUT2D eigenvalue weighted by Crippen LogP contribution is 2.30. The average molecular weight is 407 g/mol. The Bertz CT molecular complexity index is 1100. The van der Waals surface area contributed by atoms with Gasteiger partial charge in [0.15, 0.2) is 5.58 Å². The van der Waals surface area contributed by atoms with Gasteiger partial charge < -0.3 is 9.52 Å². The first kappa shape index (κ1) is 16.5. The molecule has 1 heterocycles. The summed E-state index contributed by atoms with van der Waals surface area (Å²) in [5.41, 5.74) is 4.88. The van der Waals surface area contributed by atoms with E-state index in [-0.39, 0.29) is 5.75 Å². The second-order valence-electron chi connectivity index (χ2n) is 5.98. The van der Waals surface area contributed by atoms with E-state index in [1.54, 1.807) is 6.21 Å². The number of rotatable bonds is 3. The molecule has 0 amide bonds. The number of aliphatic imine (C=N–C) groups is 1. The molecule has 1 aromatic heterocycles. The van der Waals surface area contributed by atoms with Crippen molar-refractivity contribution in [3.8, 4) is 17.2 Å². The first-order valence-corrected chi connectivity index (χ1v) is 8.88. The molecule has 4 rings (SSSR count). The highest BCUT2D eigenvalue weighted by Gasteiger charge is 2.08. The smallest absolute Gasteiger partial charge is 0.227 e. The number of oxazole rings is 1. The van der Waals surface area contributed by atoms with Gasteiger partial charge in [0.05, 0.1) is 10.2 Å². The van der Waals surface area contributed by atoms with Gasteiger partial charge in [0.25, 0.3) is 0 Å². The highest BCUT2D eigenvalue weighted by molar-refractivity contribution is 9.10. The zero-order valence-corrected chi connectivity index (χ0v) is 15.6. The largest absolute Gasteiger partial charge is 0.506 e. The Morgan fingerprint density at radius 3 is 2.77 bits per heavy atom. The lowest BCUT2D eigenvalue weighted by Gasteiger charge is -2.04. The van der Waals surface area contributed by atoms with E-state index < -0.39 is 0 Å². The molecule has 3 aromatic carbocycles. The maximum Gasteiger partial charge on any atom is 0.227 e. The lowest BCUT2D eigenvalue weighted by Crippen LogP contribution is -1.86. The number of phenolic OH excluding ortho intramolecular Hbond substituents is 1. The monoisotopic (exact) mass is 406 g/mol. The topological polar surface area (TPSA) is 58.6 Å². The molecule has 0 radical (unpaired) electrons. The number of aromatic hydroxyl groups is 1. The molecule has 0 aliphatic heterocycles. The molecule has 0 fully saturated rings. The van der Waals surface area contributed by atoms with Crippen LogP contribution in [0.15, 0.2) is 74.5 Å². The van der Waals surface area contributed by atoms with Gasteiger partial charge in [0, 0.05) is 17.3 Å². The number of halogens is 1. The number of hydrogen-bond donors (Lipinski definition) is 1. The zero-order valence-electron chi connectivity index (χ0n) is 14.0. The van der Waals surface area contributed by atoms with Crippen LogP contribution < -0.4 is 0 Å². The van der Waals surface area contributed by atoms with E-state index in [1.165, 1.54) is 0 Å². The average Bonchev–Trinajstić information content (AvgIpc) is 3.08. The fraction of sp³-hybridized carbons (Fsp3) is 0.0476. The SMILES string of the molecule is Cc1cc(Br)c(O)c(C=Nc2cccc(-c3nc4ccccc4o3)c2)c1. The van der Waals surface area contributed by atoms with Crippen molar-refractivity contribution in [2.75, 3.05) is 0 Å². The third kappa shape index (κ3) is 3.26. The fourth-order valence-corrected chi connectivity index (χ4v) is 3.31. The Balaban J connectivity index is 1.68. The molecule has 0 aliphatic rings. The zero-order chi connectivity index (χ0) is 18.1. The van der Waals surface area contributed by atoms with Crippen molar-refractivity contribution in [3.63, 3.8) is 0 Å². The van der Waals surface area contributed by atoms with Crippen molar-refractivity contribution in [1.29, 1.82) is 0 Å². The molecule has 0 spiro atoms. The van der Waals surface area contributed by atoms with Gasteiger partial charge in [-0.1, -0.05) is 18.2 Å². The molecule has 0 saturated carbocycles. The lowest BCUT2D eigenvalue weighted by molar-refractivity contribution is 0.471.